The first-order valence-electron chi connectivity index (χ1n) is 8.97. The number of carbonyl (C=O) groups is 2. The third kappa shape index (κ3) is 3.78. The van der Waals surface area contributed by atoms with Gasteiger partial charge in [-0.15, -0.1) is 0 Å². The van der Waals surface area contributed by atoms with Gasteiger partial charge in [-0.25, -0.2) is 4.79 Å². The van der Waals surface area contributed by atoms with E-state index in [2.05, 4.69) is 5.32 Å². The Kier molecular flexibility index (Phi) is 4.88. The third-order valence-corrected chi connectivity index (χ3v) is 5.05. The van der Waals surface area contributed by atoms with E-state index in [1.807, 2.05) is 43.3 Å². The van der Waals surface area contributed by atoms with E-state index in [1.54, 1.807) is 30.3 Å². The molecule has 1 N–H and O–H groups in total. The first kappa shape index (κ1) is 18.3. The van der Waals surface area contributed by atoms with Gasteiger partial charge in [0.15, 0.2) is 0 Å². The molecule has 0 fully saturated rings. The lowest BCUT2D eigenvalue weighted by Gasteiger charge is -2.25. The summed E-state index contributed by atoms with van der Waals surface area (Å²) in [7, 11) is 0. The standard InChI is InChI=1S/C23H18ClNO3/c1-14-2-9-19(10-3-14)25-22(26)16-6-11-20-17(12-16)13-21(28-23(20)27)15-4-7-18(24)8-5-15/h2-12,21H,13H2,1H3,(H,25,26)/t21-/m0/s1. The van der Waals surface area contributed by atoms with Crippen molar-refractivity contribution in [1.82, 2.24) is 0 Å². The molecule has 1 heterocycles. The Morgan fingerprint density at radius 1 is 1.04 bits per heavy atom. The Morgan fingerprint density at radius 2 is 1.75 bits per heavy atom. The lowest BCUT2D eigenvalue weighted by Crippen LogP contribution is -2.23. The van der Waals surface area contributed by atoms with Crippen LogP contribution in [0.1, 0.15) is 43.5 Å². The Hall–Kier alpha value is -3.11. The fourth-order valence-corrected chi connectivity index (χ4v) is 3.37. The van der Waals surface area contributed by atoms with Gasteiger partial charge in [0.25, 0.3) is 5.91 Å². The molecule has 1 atom stereocenters. The van der Waals surface area contributed by atoms with Crippen molar-refractivity contribution in [2.24, 2.45) is 0 Å². The fraction of sp³-hybridized carbons (Fsp3) is 0.130. The van der Waals surface area contributed by atoms with Crippen LogP contribution in [0.4, 0.5) is 5.69 Å². The minimum Gasteiger partial charge on any atom is -0.454 e. The Labute approximate surface area is 168 Å². The van der Waals surface area contributed by atoms with Crippen LogP contribution in [0.25, 0.3) is 0 Å². The molecule has 0 saturated carbocycles. The molecule has 1 amide bonds. The van der Waals surface area contributed by atoms with E-state index < -0.39 is 6.10 Å². The molecule has 3 aromatic rings. The number of fused-ring (bicyclic) bond motifs is 1. The first-order chi connectivity index (χ1) is 13.5. The van der Waals surface area contributed by atoms with Gasteiger partial charge in [-0.05, 0) is 60.5 Å². The molecule has 4 rings (SSSR count). The second-order valence-electron chi connectivity index (χ2n) is 6.84. The molecular weight excluding hydrogens is 374 g/mol. The first-order valence-corrected chi connectivity index (χ1v) is 9.35. The van der Waals surface area contributed by atoms with Crippen molar-refractivity contribution < 1.29 is 14.3 Å². The van der Waals surface area contributed by atoms with Crippen molar-refractivity contribution in [1.29, 1.82) is 0 Å². The van der Waals surface area contributed by atoms with Gasteiger partial charge in [0.1, 0.15) is 6.10 Å². The number of anilines is 1. The van der Waals surface area contributed by atoms with Crippen LogP contribution < -0.4 is 5.32 Å². The molecule has 4 nitrogen and oxygen atoms in total. The number of hydrogen-bond acceptors (Lipinski definition) is 3. The summed E-state index contributed by atoms with van der Waals surface area (Å²) in [4.78, 5) is 25.0. The summed E-state index contributed by atoms with van der Waals surface area (Å²) in [5, 5.41) is 3.51. The minimum atomic E-state index is -0.396. The van der Waals surface area contributed by atoms with Crippen LogP contribution >= 0.6 is 11.6 Å². The maximum atomic E-state index is 12.6. The van der Waals surface area contributed by atoms with Crippen molar-refractivity contribution in [3.8, 4) is 0 Å². The number of nitrogens with one attached hydrogen (secondary N) is 1. The van der Waals surface area contributed by atoms with Crippen molar-refractivity contribution in [2.75, 3.05) is 5.32 Å². The summed E-state index contributed by atoms with van der Waals surface area (Å²) in [5.41, 5.74) is 4.52. The van der Waals surface area contributed by atoms with Gasteiger partial charge >= 0.3 is 5.97 Å². The second-order valence-corrected chi connectivity index (χ2v) is 7.28. The molecule has 1 aliphatic rings. The molecule has 3 aromatic carbocycles. The van der Waals surface area contributed by atoms with E-state index in [0.717, 1.165) is 22.4 Å². The molecule has 0 aliphatic carbocycles. The predicted octanol–water partition coefficient (Wildman–Crippen LogP) is 5.35. The summed E-state index contributed by atoms with van der Waals surface area (Å²) in [6, 6.07) is 19.9. The maximum absolute atomic E-state index is 12.6. The van der Waals surface area contributed by atoms with Crippen LogP contribution in [0.2, 0.25) is 5.02 Å². The number of hydrogen-bond donors (Lipinski definition) is 1. The molecule has 5 heteroatoms. The van der Waals surface area contributed by atoms with Gasteiger partial charge in [-0.2, -0.15) is 0 Å². The highest BCUT2D eigenvalue weighted by molar-refractivity contribution is 6.30. The topological polar surface area (TPSA) is 55.4 Å². The molecule has 0 aromatic heterocycles. The SMILES string of the molecule is Cc1ccc(NC(=O)c2ccc3c(c2)C[C@@H](c2ccc(Cl)cc2)OC3=O)cc1. The number of ether oxygens (including phenoxy) is 1. The zero-order chi connectivity index (χ0) is 19.7. The van der Waals surface area contributed by atoms with Crippen LogP contribution in [0.3, 0.4) is 0 Å². The monoisotopic (exact) mass is 391 g/mol. The van der Waals surface area contributed by atoms with Crippen molar-refractivity contribution in [3.05, 3.63) is 99.6 Å². The Morgan fingerprint density at radius 3 is 2.46 bits per heavy atom. The Balaban J connectivity index is 1.57. The summed E-state index contributed by atoms with van der Waals surface area (Å²) in [6.07, 6.45) is 0.113. The number of cyclic esters (lactones) is 1. The number of benzene rings is 3. The smallest absolute Gasteiger partial charge is 0.339 e. The number of amides is 1. The lowest BCUT2D eigenvalue weighted by atomic mass is 9.93. The highest BCUT2D eigenvalue weighted by Gasteiger charge is 2.28. The van der Waals surface area contributed by atoms with E-state index in [0.29, 0.717) is 22.6 Å². The molecule has 0 unspecified atom stereocenters. The third-order valence-electron chi connectivity index (χ3n) is 4.79. The molecule has 0 bridgehead atoms. The van der Waals surface area contributed by atoms with Crippen molar-refractivity contribution in [2.45, 2.75) is 19.4 Å². The van der Waals surface area contributed by atoms with Crippen LogP contribution in [-0.4, -0.2) is 11.9 Å². The number of halogens is 1. The zero-order valence-electron chi connectivity index (χ0n) is 15.2. The second kappa shape index (κ2) is 7.49. The highest BCUT2D eigenvalue weighted by atomic mass is 35.5. The largest absolute Gasteiger partial charge is 0.454 e. The van der Waals surface area contributed by atoms with Gasteiger partial charge in [-0.1, -0.05) is 41.4 Å². The Bertz CT molecular complexity index is 1040. The van der Waals surface area contributed by atoms with E-state index >= 15 is 0 Å². The van der Waals surface area contributed by atoms with Gasteiger partial charge in [0, 0.05) is 22.7 Å². The molecule has 0 saturated heterocycles. The summed E-state index contributed by atoms with van der Waals surface area (Å²) in [6.45, 7) is 1.99. The van der Waals surface area contributed by atoms with Gasteiger partial charge in [0.05, 0.1) is 5.56 Å². The fourth-order valence-electron chi connectivity index (χ4n) is 3.24. The quantitative estimate of drug-likeness (QED) is 0.612. The average Bonchev–Trinajstić information content (AvgIpc) is 2.69. The predicted molar refractivity (Wildman–Crippen MR) is 109 cm³/mol. The normalized spacial score (nSPS) is 15.5. The van der Waals surface area contributed by atoms with E-state index in [1.165, 1.54) is 0 Å². The van der Waals surface area contributed by atoms with Crippen LogP contribution in [0.5, 0.6) is 0 Å². The van der Waals surface area contributed by atoms with Gasteiger partial charge < -0.3 is 10.1 Å². The number of esters is 1. The van der Waals surface area contributed by atoms with Gasteiger partial charge in [-0.3, -0.25) is 4.79 Å². The number of rotatable bonds is 3. The number of carbonyl (C=O) groups excluding carboxylic acids is 2. The maximum Gasteiger partial charge on any atom is 0.339 e. The average molecular weight is 392 g/mol. The number of aryl methyl sites for hydroxylation is 1. The van der Waals surface area contributed by atoms with Crippen molar-refractivity contribution >= 4 is 29.2 Å². The van der Waals surface area contributed by atoms with E-state index in [9.17, 15) is 9.59 Å². The zero-order valence-corrected chi connectivity index (χ0v) is 16.0. The molecule has 1 aliphatic heterocycles. The van der Waals surface area contributed by atoms with Crippen LogP contribution in [-0.2, 0) is 11.2 Å². The summed E-state index contributed by atoms with van der Waals surface area (Å²) < 4.78 is 5.56. The van der Waals surface area contributed by atoms with Crippen molar-refractivity contribution in [3.63, 3.8) is 0 Å². The summed E-state index contributed by atoms with van der Waals surface area (Å²) in [5.74, 6) is -0.597. The minimum absolute atomic E-state index is 0.214. The van der Waals surface area contributed by atoms with Crippen LogP contribution in [0.15, 0.2) is 66.7 Å². The molecule has 28 heavy (non-hydrogen) atoms. The molecule has 0 radical (unpaired) electrons. The lowest BCUT2D eigenvalue weighted by molar-refractivity contribution is 0.0252. The molecular formula is C23H18ClNO3. The summed E-state index contributed by atoms with van der Waals surface area (Å²) >= 11 is 5.94. The van der Waals surface area contributed by atoms with E-state index in [-0.39, 0.29) is 11.9 Å². The molecule has 0 spiro atoms. The highest BCUT2D eigenvalue weighted by Crippen LogP contribution is 2.31. The van der Waals surface area contributed by atoms with E-state index in [4.69, 9.17) is 16.3 Å². The molecule has 140 valence electrons. The van der Waals surface area contributed by atoms with Gasteiger partial charge in [0.2, 0.25) is 0 Å². The van der Waals surface area contributed by atoms with Crippen LogP contribution in [0, 0.1) is 6.92 Å².